The van der Waals surface area contributed by atoms with Gasteiger partial charge in [0, 0.05) is 23.3 Å². The molecule has 2 aromatic rings. The smallest absolute Gasteiger partial charge is 0.127 e. The van der Waals surface area contributed by atoms with Crippen LogP contribution >= 0.6 is 0 Å². The molecule has 0 aliphatic carbocycles. The molecule has 4 nitrogen and oxygen atoms in total. The van der Waals surface area contributed by atoms with E-state index in [1.165, 1.54) is 12.1 Å². The summed E-state index contributed by atoms with van der Waals surface area (Å²) in [5.41, 5.74) is 2.74. The molecule has 0 aromatic heterocycles. The predicted octanol–water partition coefficient (Wildman–Crippen LogP) is 5.64. The van der Waals surface area contributed by atoms with Crippen molar-refractivity contribution in [3.8, 4) is 34.1 Å². The zero-order chi connectivity index (χ0) is 19.1. The first-order valence-electron chi connectivity index (χ1n) is 9.58. The summed E-state index contributed by atoms with van der Waals surface area (Å²) in [5.74, 6) is -0.0597. The largest absolute Gasteiger partial charge is 0.508 e. The second kappa shape index (κ2) is 9.37. The Kier molecular flexibility index (Phi) is 7.19. The van der Waals surface area contributed by atoms with E-state index in [0.29, 0.717) is 24.0 Å². The Hall–Kier alpha value is -2.36. The van der Waals surface area contributed by atoms with Crippen LogP contribution < -0.4 is 0 Å². The number of aromatic hydroxyl groups is 4. The van der Waals surface area contributed by atoms with Crippen molar-refractivity contribution in [1.29, 1.82) is 0 Å². The summed E-state index contributed by atoms with van der Waals surface area (Å²) >= 11 is 0. The van der Waals surface area contributed by atoms with Crippen molar-refractivity contribution in [2.45, 2.75) is 65.2 Å². The van der Waals surface area contributed by atoms with Gasteiger partial charge in [0.15, 0.2) is 0 Å². The van der Waals surface area contributed by atoms with Gasteiger partial charge < -0.3 is 20.4 Å². The second-order valence-electron chi connectivity index (χ2n) is 6.91. The standard InChI is InChI=1S/C22H30O4/c1-3-5-7-9-15-11-17(23)13-19(25)21(15)22-16(10-8-6-4-2)12-18(24)14-20(22)26/h11-14,23-26H,3-10H2,1-2H3. The molecular weight excluding hydrogens is 328 g/mol. The van der Waals surface area contributed by atoms with Crippen molar-refractivity contribution in [3.63, 3.8) is 0 Å². The maximum absolute atomic E-state index is 10.5. The lowest BCUT2D eigenvalue weighted by molar-refractivity contribution is 0.443. The molecule has 0 saturated heterocycles. The van der Waals surface area contributed by atoms with Crippen molar-refractivity contribution in [3.05, 3.63) is 35.4 Å². The Labute approximate surface area is 155 Å². The van der Waals surface area contributed by atoms with Gasteiger partial charge in [-0.25, -0.2) is 0 Å². The average molecular weight is 358 g/mol. The number of aryl methyl sites for hydroxylation is 2. The van der Waals surface area contributed by atoms with E-state index in [1.54, 1.807) is 12.1 Å². The van der Waals surface area contributed by atoms with Crippen LogP contribution in [-0.4, -0.2) is 20.4 Å². The van der Waals surface area contributed by atoms with Gasteiger partial charge in [0.25, 0.3) is 0 Å². The number of hydrogen-bond donors (Lipinski definition) is 4. The Morgan fingerprint density at radius 3 is 1.31 bits per heavy atom. The van der Waals surface area contributed by atoms with Gasteiger partial charge in [0.1, 0.15) is 23.0 Å². The highest BCUT2D eigenvalue weighted by Crippen LogP contribution is 2.44. The number of phenols is 4. The summed E-state index contributed by atoms with van der Waals surface area (Å²) in [6.45, 7) is 4.25. The molecule has 26 heavy (non-hydrogen) atoms. The first-order valence-corrected chi connectivity index (χ1v) is 9.58. The third kappa shape index (κ3) is 4.84. The van der Waals surface area contributed by atoms with Crippen LogP contribution in [0.25, 0.3) is 11.1 Å². The lowest BCUT2D eigenvalue weighted by Gasteiger charge is -2.18. The Morgan fingerprint density at radius 1 is 0.577 bits per heavy atom. The van der Waals surface area contributed by atoms with Crippen LogP contribution in [0.3, 0.4) is 0 Å². The predicted molar refractivity (Wildman–Crippen MR) is 105 cm³/mol. The normalized spacial score (nSPS) is 11.0. The van der Waals surface area contributed by atoms with E-state index in [2.05, 4.69) is 13.8 Å². The average Bonchev–Trinajstić information content (AvgIpc) is 2.56. The minimum absolute atomic E-state index is 0.0172. The van der Waals surface area contributed by atoms with E-state index in [1.807, 2.05) is 0 Å². The summed E-state index contributed by atoms with van der Waals surface area (Å²) in [6, 6.07) is 5.93. The van der Waals surface area contributed by atoms with E-state index in [0.717, 1.165) is 49.7 Å². The molecule has 0 amide bonds. The summed E-state index contributed by atoms with van der Waals surface area (Å²) in [7, 11) is 0. The topological polar surface area (TPSA) is 80.9 Å². The Balaban J connectivity index is 2.55. The van der Waals surface area contributed by atoms with Crippen LogP contribution in [0, 0.1) is 0 Å². The van der Waals surface area contributed by atoms with E-state index < -0.39 is 0 Å². The molecule has 0 atom stereocenters. The van der Waals surface area contributed by atoms with Crippen LogP contribution in [0.4, 0.5) is 0 Å². The van der Waals surface area contributed by atoms with E-state index in [9.17, 15) is 20.4 Å². The zero-order valence-electron chi connectivity index (χ0n) is 15.8. The molecule has 0 radical (unpaired) electrons. The molecule has 0 aliphatic heterocycles. The lowest BCUT2D eigenvalue weighted by Crippen LogP contribution is -1.97. The fraction of sp³-hybridized carbons (Fsp3) is 0.455. The molecule has 142 valence electrons. The number of rotatable bonds is 9. The molecule has 4 heteroatoms. The molecule has 0 heterocycles. The van der Waals surface area contributed by atoms with Crippen LogP contribution in [0.1, 0.15) is 63.5 Å². The van der Waals surface area contributed by atoms with Crippen LogP contribution in [0.5, 0.6) is 23.0 Å². The van der Waals surface area contributed by atoms with Crippen LogP contribution in [0.2, 0.25) is 0 Å². The molecule has 4 N–H and O–H groups in total. The monoisotopic (exact) mass is 358 g/mol. The molecule has 0 fully saturated rings. The molecule has 0 aliphatic rings. The molecule has 2 aromatic carbocycles. The fourth-order valence-electron chi connectivity index (χ4n) is 3.44. The van der Waals surface area contributed by atoms with Gasteiger partial charge in [-0.05, 0) is 48.9 Å². The maximum Gasteiger partial charge on any atom is 0.127 e. The van der Waals surface area contributed by atoms with E-state index >= 15 is 0 Å². The summed E-state index contributed by atoms with van der Waals surface area (Å²) in [5, 5.41) is 40.9. The minimum atomic E-state index is -0.0470. The molecule has 0 unspecified atom stereocenters. The highest BCUT2D eigenvalue weighted by molar-refractivity contribution is 5.82. The van der Waals surface area contributed by atoms with Gasteiger partial charge in [-0.3, -0.25) is 0 Å². The lowest BCUT2D eigenvalue weighted by atomic mass is 9.89. The minimum Gasteiger partial charge on any atom is -0.508 e. The molecular formula is C22H30O4. The third-order valence-electron chi connectivity index (χ3n) is 4.72. The van der Waals surface area contributed by atoms with Gasteiger partial charge in [0.05, 0.1) is 0 Å². The van der Waals surface area contributed by atoms with Gasteiger partial charge in [-0.15, -0.1) is 0 Å². The Morgan fingerprint density at radius 2 is 0.962 bits per heavy atom. The van der Waals surface area contributed by atoms with Crippen LogP contribution in [-0.2, 0) is 12.8 Å². The highest BCUT2D eigenvalue weighted by Gasteiger charge is 2.20. The first-order chi connectivity index (χ1) is 12.5. The number of hydrogen-bond acceptors (Lipinski definition) is 4. The van der Waals surface area contributed by atoms with Crippen molar-refractivity contribution in [2.24, 2.45) is 0 Å². The van der Waals surface area contributed by atoms with Gasteiger partial charge >= 0.3 is 0 Å². The van der Waals surface area contributed by atoms with E-state index in [4.69, 9.17) is 0 Å². The Bertz CT molecular complexity index is 674. The van der Waals surface area contributed by atoms with Crippen molar-refractivity contribution >= 4 is 0 Å². The zero-order valence-corrected chi connectivity index (χ0v) is 15.8. The third-order valence-corrected chi connectivity index (χ3v) is 4.72. The molecule has 0 saturated carbocycles. The quantitative estimate of drug-likeness (QED) is 0.437. The molecule has 2 rings (SSSR count). The number of unbranched alkanes of at least 4 members (excludes halogenated alkanes) is 4. The molecule has 0 spiro atoms. The summed E-state index contributed by atoms with van der Waals surface area (Å²) in [4.78, 5) is 0. The van der Waals surface area contributed by atoms with Crippen molar-refractivity contribution in [1.82, 2.24) is 0 Å². The summed E-state index contributed by atoms with van der Waals surface area (Å²) < 4.78 is 0. The van der Waals surface area contributed by atoms with Crippen molar-refractivity contribution < 1.29 is 20.4 Å². The maximum atomic E-state index is 10.5. The van der Waals surface area contributed by atoms with Crippen LogP contribution in [0.15, 0.2) is 24.3 Å². The molecule has 0 bridgehead atoms. The van der Waals surface area contributed by atoms with Gasteiger partial charge in [0.2, 0.25) is 0 Å². The number of benzene rings is 2. The SMILES string of the molecule is CCCCCc1cc(O)cc(O)c1-c1c(O)cc(O)cc1CCCCC. The van der Waals surface area contributed by atoms with Gasteiger partial charge in [-0.2, -0.15) is 0 Å². The first kappa shape index (κ1) is 20.0. The van der Waals surface area contributed by atoms with E-state index in [-0.39, 0.29) is 23.0 Å². The van der Waals surface area contributed by atoms with Crippen molar-refractivity contribution in [2.75, 3.05) is 0 Å². The second-order valence-corrected chi connectivity index (χ2v) is 6.91. The van der Waals surface area contributed by atoms with Gasteiger partial charge in [-0.1, -0.05) is 39.5 Å². The summed E-state index contributed by atoms with van der Waals surface area (Å²) in [6.07, 6.45) is 7.56. The highest BCUT2D eigenvalue weighted by atomic mass is 16.3. The fourth-order valence-corrected chi connectivity index (χ4v) is 3.44. The number of phenolic OH excluding ortho intramolecular Hbond substituents is 4.